The fourth-order valence-corrected chi connectivity index (χ4v) is 3.08. The van der Waals surface area contributed by atoms with Crippen LogP contribution >= 0.6 is 11.6 Å². The summed E-state index contributed by atoms with van der Waals surface area (Å²) in [6, 6.07) is 14.7. The highest BCUT2D eigenvalue weighted by molar-refractivity contribution is 6.31. The third-order valence-electron chi connectivity index (χ3n) is 4.70. The molecule has 3 rings (SSSR count). The molecule has 0 aliphatic carbocycles. The SMILES string of the molecule is CC1(C)C(=O)N(c2ccc(Cl)cc2)N(c2ccc(C(C)(C)C)cc2)C1=O. The molecule has 2 aromatic carbocycles. The van der Waals surface area contributed by atoms with E-state index in [1.165, 1.54) is 10.0 Å². The Balaban J connectivity index is 2.08. The second-order valence-electron chi connectivity index (χ2n) is 8.13. The fourth-order valence-electron chi connectivity index (χ4n) is 2.95. The predicted molar refractivity (Wildman–Crippen MR) is 105 cm³/mol. The highest BCUT2D eigenvalue weighted by Crippen LogP contribution is 2.38. The van der Waals surface area contributed by atoms with Gasteiger partial charge < -0.3 is 0 Å². The van der Waals surface area contributed by atoms with Crippen molar-refractivity contribution in [3.8, 4) is 0 Å². The van der Waals surface area contributed by atoms with Crippen molar-refractivity contribution in [2.45, 2.75) is 40.0 Å². The van der Waals surface area contributed by atoms with Crippen LogP contribution in [-0.4, -0.2) is 11.8 Å². The Morgan fingerprint density at radius 2 is 1.15 bits per heavy atom. The summed E-state index contributed by atoms with van der Waals surface area (Å²) < 4.78 is 0. The lowest BCUT2D eigenvalue weighted by molar-refractivity contribution is -0.132. The van der Waals surface area contributed by atoms with Gasteiger partial charge in [-0.3, -0.25) is 9.59 Å². The molecule has 1 aliphatic rings. The molecule has 0 unspecified atom stereocenters. The molecular formula is C21H23ClN2O2. The molecular weight excluding hydrogens is 348 g/mol. The summed E-state index contributed by atoms with van der Waals surface area (Å²) in [6.07, 6.45) is 0. The quantitative estimate of drug-likeness (QED) is 0.701. The van der Waals surface area contributed by atoms with E-state index < -0.39 is 5.41 Å². The monoisotopic (exact) mass is 370 g/mol. The lowest BCUT2D eigenvalue weighted by Gasteiger charge is -2.28. The Kier molecular flexibility index (Phi) is 4.35. The van der Waals surface area contributed by atoms with E-state index in [4.69, 9.17) is 11.6 Å². The first kappa shape index (κ1) is 18.5. The molecule has 0 spiro atoms. The van der Waals surface area contributed by atoms with Gasteiger partial charge >= 0.3 is 0 Å². The van der Waals surface area contributed by atoms with E-state index in [9.17, 15) is 9.59 Å². The number of benzene rings is 2. The third-order valence-corrected chi connectivity index (χ3v) is 4.96. The summed E-state index contributed by atoms with van der Waals surface area (Å²) in [5, 5.41) is 3.47. The van der Waals surface area contributed by atoms with Crippen LogP contribution in [0.15, 0.2) is 48.5 Å². The van der Waals surface area contributed by atoms with Gasteiger partial charge in [0.25, 0.3) is 11.8 Å². The van der Waals surface area contributed by atoms with E-state index in [2.05, 4.69) is 20.8 Å². The number of carbonyl (C=O) groups excluding carboxylic acids is 2. The number of anilines is 2. The standard InChI is InChI=1S/C21H23ClN2O2/c1-20(2,3)14-6-10-16(11-7-14)23-18(25)21(4,5)19(26)24(23)17-12-8-15(22)9-13-17/h6-13H,1-5H3. The van der Waals surface area contributed by atoms with Gasteiger partial charge in [0.05, 0.1) is 11.4 Å². The first-order valence-electron chi connectivity index (χ1n) is 8.58. The molecule has 2 aromatic rings. The number of halogens is 1. The summed E-state index contributed by atoms with van der Waals surface area (Å²) in [5.74, 6) is -0.509. The average Bonchev–Trinajstić information content (AvgIpc) is 2.75. The van der Waals surface area contributed by atoms with Crippen LogP contribution in [0.1, 0.15) is 40.2 Å². The van der Waals surface area contributed by atoms with Crippen molar-refractivity contribution in [2.75, 3.05) is 10.0 Å². The van der Waals surface area contributed by atoms with Crippen LogP contribution in [0.5, 0.6) is 0 Å². The summed E-state index contributed by atoms with van der Waals surface area (Å²) >= 11 is 5.97. The Morgan fingerprint density at radius 3 is 1.54 bits per heavy atom. The third kappa shape index (κ3) is 2.99. The second kappa shape index (κ2) is 6.13. The molecule has 26 heavy (non-hydrogen) atoms. The van der Waals surface area contributed by atoms with Crippen molar-refractivity contribution in [3.05, 3.63) is 59.1 Å². The summed E-state index contributed by atoms with van der Waals surface area (Å²) in [6.45, 7) is 9.72. The Hall–Kier alpha value is -2.33. The normalized spacial score (nSPS) is 17.2. The number of hydrogen-bond acceptors (Lipinski definition) is 2. The van der Waals surface area contributed by atoms with Crippen molar-refractivity contribution in [3.63, 3.8) is 0 Å². The minimum absolute atomic E-state index is 0.0124. The van der Waals surface area contributed by atoms with E-state index >= 15 is 0 Å². The minimum Gasteiger partial charge on any atom is -0.271 e. The molecule has 4 nitrogen and oxygen atoms in total. The van der Waals surface area contributed by atoms with Crippen molar-refractivity contribution < 1.29 is 9.59 Å². The van der Waals surface area contributed by atoms with Crippen LogP contribution in [0, 0.1) is 5.41 Å². The molecule has 0 aromatic heterocycles. The summed E-state index contributed by atoms with van der Waals surface area (Å²) in [4.78, 5) is 26.0. The van der Waals surface area contributed by atoms with E-state index in [0.29, 0.717) is 16.4 Å². The molecule has 0 radical (unpaired) electrons. The number of hydrazine groups is 1. The molecule has 0 bridgehead atoms. The molecule has 2 amide bonds. The fraction of sp³-hybridized carbons (Fsp3) is 0.333. The average molecular weight is 371 g/mol. The summed E-state index contributed by atoms with van der Waals surface area (Å²) in [5.41, 5.74) is 1.33. The minimum atomic E-state index is -1.12. The maximum absolute atomic E-state index is 13.0. The van der Waals surface area contributed by atoms with Gasteiger partial charge in [-0.05, 0) is 61.2 Å². The lowest BCUT2D eigenvalue weighted by Crippen LogP contribution is -2.41. The van der Waals surface area contributed by atoms with Crippen LogP contribution in [0.3, 0.4) is 0 Å². The van der Waals surface area contributed by atoms with Crippen LogP contribution < -0.4 is 10.0 Å². The van der Waals surface area contributed by atoms with E-state index in [-0.39, 0.29) is 17.2 Å². The predicted octanol–water partition coefficient (Wildman–Crippen LogP) is 4.96. The van der Waals surface area contributed by atoms with Crippen LogP contribution in [0.4, 0.5) is 11.4 Å². The number of amides is 2. The zero-order valence-corrected chi connectivity index (χ0v) is 16.5. The molecule has 136 valence electrons. The van der Waals surface area contributed by atoms with Crippen molar-refractivity contribution >= 4 is 34.8 Å². The number of carbonyl (C=O) groups is 2. The van der Waals surface area contributed by atoms with Gasteiger partial charge in [-0.15, -0.1) is 0 Å². The van der Waals surface area contributed by atoms with Crippen LogP contribution in [0.25, 0.3) is 0 Å². The topological polar surface area (TPSA) is 40.6 Å². The van der Waals surface area contributed by atoms with Crippen molar-refractivity contribution in [1.82, 2.24) is 0 Å². The van der Waals surface area contributed by atoms with E-state index in [1.807, 2.05) is 24.3 Å². The van der Waals surface area contributed by atoms with Gasteiger partial charge in [-0.1, -0.05) is 44.5 Å². The first-order chi connectivity index (χ1) is 12.0. The first-order valence-corrected chi connectivity index (χ1v) is 8.96. The maximum Gasteiger partial charge on any atom is 0.261 e. The van der Waals surface area contributed by atoms with E-state index in [1.54, 1.807) is 38.1 Å². The molecule has 1 fully saturated rings. The number of nitrogens with zero attached hydrogens (tertiary/aromatic N) is 2. The zero-order valence-electron chi connectivity index (χ0n) is 15.7. The van der Waals surface area contributed by atoms with Gasteiger partial charge in [-0.2, -0.15) is 0 Å². The molecule has 0 N–H and O–H groups in total. The molecule has 0 saturated carbocycles. The highest BCUT2D eigenvalue weighted by atomic mass is 35.5. The molecule has 1 saturated heterocycles. The Bertz CT molecular complexity index is 849. The van der Waals surface area contributed by atoms with Gasteiger partial charge in [0.2, 0.25) is 0 Å². The number of hydrogen-bond donors (Lipinski definition) is 0. The van der Waals surface area contributed by atoms with Gasteiger partial charge in [-0.25, -0.2) is 10.0 Å². The smallest absolute Gasteiger partial charge is 0.261 e. The number of rotatable bonds is 2. The molecule has 5 heteroatoms. The molecule has 0 atom stereocenters. The van der Waals surface area contributed by atoms with Gasteiger partial charge in [0.1, 0.15) is 5.41 Å². The van der Waals surface area contributed by atoms with E-state index in [0.717, 1.165) is 5.56 Å². The highest BCUT2D eigenvalue weighted by Gasteiger charge is 2.53. The van der Waals surface area contributed by atoms with Gasteiger partial charge in [0, 0.05) is 5.02 Å². The second-order valence-corrected chi connectivity index (χ2v) is 8.57. The Labute approximate surface area is 159 Å². The van der Waals surface area contributed by atoms with Gasteiger partial charge in [0.15, 0.2) is 0 Å². The summed E-state index contributed by atoms with van der Waals surface area (Å²) in [7, 11) is 0. The molecule has 1 heterocycles. The van der Waals surface area contributed by atoms with Crippen molar-refractivity contribution in [2.24, 2.45) is 5.41 Å². The Morgan fingerprint density at radius 1 is 0.769 bits per heavy atom. The lowest BCUT2D eigenvalue weighted by atomic mass is 9.87. The maximum atomic E-state index is 13.0. The molecule has 1 aliphatic heterocycles. The van der Waals surface area contributed by atoms with Crippen molar-refractivity contribution in [1.29, 1.82) is 0 Å². The zero-order chi connectivity index (χ0) is 19.3. The largest absolute Gasteiger partial charge is 0.271 e. The van der Waals surface area contributed by atoms with Crippen LogP contribution in [0.2, 0.25) is 5.02 Å². The van der Waals surface area contributed by atoms with Crippen LogP contribution in [-0.2, 0) is 15.0 Å².